The number of hydrogen-bond donors (Lipinski definition) is 0. The van der Waals surface area contributed by atoms with Gasteiger partial charge in [-0.1, -0.05) is 27.7 Å². The highest BCUT2D eigenvalue weighted by Crippen LogP contribution is 2.29. The van der Waals surface area contributed by atoms with Crippen molar-refractivity contribution in [3.63, 3.8) is 0 Å². The van der Waals surface area contributed by atoms with Crippen LogP contribution in [-0.2, 0) is 0 Å². The van der Waals surface area contributed by atoms with Gasteiger partial charge in [0, 0.05) is 11.1 Å². The van der Waals surface area contributed by atoms with E-state index in [1.807, 2.05) is 6.20 Å². The summed E-state index contributed by atoms with van der Waals surface area (Å²) in [6.07, 6.45) is 1.94. The van der Waals surface area contributed by atoms with Crippen LogP contribution in [0.4, 0.5) is 0 Å². The summed E-state index contributed by atoms with van der Waals surface area (Å²) in [5, 5.41) is 1.22. The van der Waals surface area contributed by atoms with Crippen LogP contribution in [0.1, 0.15) is 50.8 Å². The second-order valence-corrected chi connectivity index (χ2v) is 5.27. The molecule has 3 heteroatoms. The highest BCUT2D eigenvalue weighted by Gasteiger charge is 2.12. The molecule has 0 unspecified atom stereocenters. The number of nitrogens with zero attached hydrogens (tertiary/aromatic N) is 2. The summed E-state index contributed by atoms with van der Waals surface area (Å²) in [6, 6.07) is 2.23. The zero-order chi connectivity index (χ0) is 11.0. The second-order valence-electron chi connectivity index (χ2n) is 4.49. The predicted octanol–water partition coefficient (Wildman–Crippen LogP) is 3.94. The van der Waals surface area contributed by atoms with Crippen LogP contribution in [0, 0.1) is 0 Å². The Balaban J connectivity index is 2.69. The van der Waals surface area contributed by atoms with Crippen LogP contribution in [0.15, 0.2) is 12.3 Å². The number of rotatable bonds is 2. The van der Waals surface area contributed by atoms with Gasteiger partial charge in [0.25, 0.3) is 0 Å². The van der Waals surface area contributed by atoms with E-state index in [0.717, 1.165) is 4.83 Å². The third-order valence-corrected chi connectivity index (χ3v) is 3.30. The van der Waals surface area contributed by atoms with E-state index in [1.54, 1.807) is 0 Å². The standard InChI is InChI=1S/C12H16N2S/c1-7(2)9-5-11(8(3)4)14-12-10(9)6-13-15-12/h5-8H,1-4H3. The van der Waals surface area contributed by atoms with E-state index in [4.69, 9.17) is 0 Å². The van der Waals surface area contributed by atoms with E-state index >= 15 is 0 Å². The maximum atomic E-state index is 4.63. The molecule has 0 aliphatic rings. The number of pyridine rings is 1. The topological polar surface area (TPSA) is 25.8 Å². The van der Waals surface area contributed by atoms with E-state index in [9.17, 15) is 0 Å². The fraction of sp³-hybridized carbons (Fsp3) is 0.500. The lowest BCUT2D eigenvalue weighted by atomic mass is 9.98. The van der Waals surface area contributed by atoms with Crippen LogP contribution in [0.3, 0.4) is 0 Å². The van der Waals surface area contributed by atoms with Crippen molar-refractivity contribution in [2.24, 2.45) is 0 Å². The average Bonchev–Trinajstić information content (AvgIpc) is 2.62. The van der Waals surface area contributed by atoms with Crippen molar-refractivity contribution < 1.29 is 0 Å². The zero-order valence-electron chi connectivity index (χ0n) is 9.61. The van der Waals surface area contributed by atoms with Crippen molar-refractivity contribution in [1.29, 1.82) is 0 Å². The molecule has 0 N–H and O–H groups in total. The maximum absolute atomic E-state index is 4.63. The van der Waals surface area contributed by atoms with Crippen LogP contribution >= 0.6 is 11.5 Å². The molecule has 0 aromatic carbocycles. The fourth-order valence-electron chi connectivity index (χ4n) is 1.67. The van der Waals surface area contributed by atoms with Gasteiger partial charge >= 0.3 is 0 Å². The quantitative estimate of drug-likeness (QED) is 0.766. The normalized spacial score (nSPS) is 11.9. The minimum atomic E-state index is 0.481. The minimum Gasteiger partial charge on any atom is -0.240 e. The molecule has 0 amide bonds. The van der Waals surface area contributed by atoms with Gasteiger partial charge in [0.05, 0.1) is 6.20 Å². The van der Waals surface area contributed by atoms with Gasteiger partial charge in [-0.25, -0.2) is 4.98 Å². The summed E-state index contributed by atoms with van der Waals surface area (Å²) in [4.78, 5) is 5.71. The van der Waals surface area contributed by atoms with Crippen LogP contribution in [-0.4, -0.2) is 9.36 Å². The molecule has 0 saturated carbocycles. The summed E-state index contributed by atoms with van der Waals surface area (Å²) in [5.74, 6) is 1.01. The van der Waals surface area contributed by atoms with E-state index < -0.39 is 0 Å². The Morgan fingerprint density at radius 3 is 2.47 bits per heavy atom. The van der Waals surface area contributed by atoms with Crippen LogP contribution < -0.4 is 0 Å². The zero-order valence-corrected chi connectivity index (χ0v) is 10.4. The van der Waals surface area contributed by atoms with Gasteiger partial charge in [-0.15, -0.1) is 0 Å². The highest BCUT2D eigenvalue weighted by molar-refractivity contribution is 7.12. The van der Waals surface area contributed by atoms with Gasteiger partial charge in [-0.05, 0) is 35.0 Å². The Bertz CT molecular complexity index is 471. The van der Waals surface area contributed by atoms with Gasteiger partial charge < -0.3 is 0 Å². The first kappa shape index (κ1) is 10.6. The van der Waals surface area contributed by atoms with Crippen molar-refractivity contribution in [3.05, 3.63) is 23.5 Å². The largest absolute Gasteiger partial charge is 0.240 e. The predicted molar refractivity (Wildman–Crippen MR) is 65.6 cm³/mol. The lowest BCUT2D eigenvalue weighted by Gasteiger charge is -2.11. The van der Waals surface area contributed by atoms with E-state index in [-0.39, 0.29) is 0 Å². The maximum Gasteiger partial charge on any atom is 0.143 e. The Kier molecular flexibility index (Phi) is 2.74. The van der Waals surface area contributed by atoms with Crippen LogP contribution in [0.25, 0.3) is 10.2 Å². The lowest BCUT2D eigenvalue weighted by molar-refractivity contribution is 0.812. The van der Waals surface area contributed by atoms with Crippen molar-refractivity contribution in [1.82, 2.24) is 9.36 Å². The molecule has 0 saturated heterocycles. The molecule has 2 aromatic heterocycles. The smallest absolute Gasteiger partial charge is 0.143 e. The molecular weight excluding hydrogens is 204 g/mol. The molecule has 15 heavy (non-hydrogen) atoms. The summed E-state index contributed by atoms with van der Waals surface area (Å²) in [7, 11) is 0. The summed E-state index contributed by atoms with van der Waals surface area (Å²) >= 11 is 1.49. The molecule has 0 aliphatic heterocycles. The first-order valence-corrected chi connectivity index (χ1v) is 6.12. The molecule has 0 radical (unpaired) electrons. The number of fused-ring (bicyclic) bond motifs is 1. The van der Waals surface area contributed by atoms with Crippen molar-refractivity contribution >= 4 is 21.7 Å². The number of aromatic nitrogens is 2. The van der Waals surface area contributed by atoms with Gasteiger partial charge in [-0.2, -0.15) is 4.37 Å². The molecule has 2 heterocycles. The first-order valence-electron chi connectivity index (χ1n) is 5.34. The average molecular weight is 220 g/mol. The molecule has 0 spiro atoms. The molecule has 80 valence electrons. The van der Waals surface area contributed by atoms with Gasteiger partial charge in [0.1, 0.15) is 4.83 Å². The van der Waals surface area contributed by atoms with Crippen molar-refractivity contribution in [2.75, 3.05) is 0 Å². The summed E-state index contributed by atoms with van der Waals surface area (Å²) in [5.41, 5.74) is 2.55. The SMILES string of the molecule is CC(C)c1cc(C(C)C)c2cnsc2n1. The third-order valence-electron chi connectivity index (χ3n) is 2.61. The molecule has 0 aliphatic carbocycles. The minimum absolute atomic E-state index is 0.481. The Morgan fingerprint density at radius 1 is 1.13 bits per heavy atom. The van der Waals surface area contributed by atoms with E-state index in [2.05, 4.69) is 43.1 Å². The number of hydrogen-bond acceptors (Lipinski definition) is 3. The Labute approximate surface area is 94.5 Å². The van der Waals surface area contributed by atoms with Crippen LogP contribution in [0.2, 0.25) is 0 Å². The Hall–Kier alpha value is -0.960. The molecular formula is C12H16N2S. The molecule has 0 atom stereocenters. The monoisotopic (exact) mass is 220 g/mol. The highest BCUT2D eigenvalue weighted by atomic mass is 32.1. The molecule has 0 bridgehead atoms. The summed E-state index contributed by atoms with van der Waals surface area (Å²) in [6.45, 7) is 8.80. The van der Waals surface area contributed by atoms with Gasteiger partial charge in [0.2, 0.25) is 0 Å². The van der Waals surface area contributed by atoms with E-state index in [1.165, 1.54) is 28.2 Å². The molecule has 2 nitrogen and oxygen atoms in total. The van der Waals surface area contributed by atoms with Crippen molar-refractivity contribution in [2.45, 2.75) is 39.5 Å². The van der Waals surface area contributed by atoms with Gasteiger partial charge in [0.15, 0.2) is 0 Å². The molecule has 2 rings (SSSR count). The van der Waals surface area contributed by atoms with E-state index in [0.29, 0.717) is 11.8 Å². The second kappa shape index (κ2) is 3.89. The summed E-state index contributed by atoms with van der Waals surface area (Å²) < 4.78 is 4.22. The molecule has 2 aromatic rings. The van der Waals surface area contributed by atoms with Gasteiger partial charge in [-0.3, -0.25) is 0 Å². The fourth-order valence-corrected chi connectivity index (χ4v) is 2.35. The molecule has 0 fully saturated rings. The van der Waals surface area contributed by atoms with Crippen molar-refractivity contribution in [3.8, 4) is 0 Å². The Morgan fingerprint density at radius 2 is 1.87 bits per heavy atom. The van der Waals surface area contributed by atoms with Crippen LogP contribution in [0.5, 0.6) is 0 Å². The first-order chi connectivity index (χ1) is 7.09. The third kappa shape index (κ3) is 1.88. The lowest BCUT2D eigenvalue weighted by Crippen LogP contribution is -1.97.